The minimum atomic E-state index is -0.384. The van der Waals surface area contributed by atoms with Gasteiger partial charge in [-0.1, -0.05) is 29.8 Å². The van der Waals surface area contributed by atoms with Crippen LogP contribution in [0.1, 0.15) is 21.5 Å². The highest BCUT2D eigenvalue weighted by atomic mass is 19.1. The van der Waals surface area contributed by atoms with Gasteiger partial charge >= 0.3 is 0 Å². The van der Waals surface area contributed by atoms with Crippen molar-refractivity contribution in [2.75, 3.05) is 18.5 Å². The predicted molar refractivity (Wildman–Crippen MR) is 79.9 cm³/mol. The lowest BCUT2D eigenvalue weighted by Crippen LogP contribution is -2.26. The number of Topliss-reactive ketones (excluding diaryl/α,β-unsaturated/α-hetero) is 1. The molecule has 0 unspecified atom stereocenters. The Bertz CT molecular complexity index is 637. The fourth-order valence-corrected chi connectivity index (χ4v) is 2.29. The van der Waals surface area contributed by atoms with E-state index in [4.69, 9.17) is 0 Å². The van der Waals surface area contributed by atoms with Gasteiger partial charge in [-0.05, 0) is 37.6 Å². The van der Waals surface area contributed by atoms with Crippen LogP contribution in [0.15, 0.2) is 42.5 Å². The molecule has 0 atom stereocenters. The third-order valence-electron chi connectivity index (χ3n) is 3.29. The molecule has 0 aromatic heterocycles. The zero-order valence-corrected chi connectivity index (χ0v) is 12.0. The molecule has 0 aliphatic rings. The molecule has 0 N–H and O–H groups in total. The van der Waals surface area contributed by atoms with E-state index < -0.39 is 0 Å². The molecule has 0 saturated heterocycles. The van der Waals surface area contributed by atoms with Crippen molar-refractivity contribution in [1.29, 1.82) is 0 Å². The number of ketones is 1. The van der Waals surface area contributed by atoms with Gasteiger partial charge in [-0.2, -0.15) is 0 Å². The molecular formula is C17H18FNO. The summed E-state index contributed by atoms with van der Waals surface area (Å²) in [4.78, 5) is 14.0. The molecule has 0 spiro atoms. The highest BCUT2D eigenvalue weighted by Crippen LogP contribution is 2.20. The minimum Gasteiger partial charge on any atom is -0.367 e. The molecule has 0 aliphatic carbocycles. The van der Waals surface area contributed by atoms with Crippen molar-refractivity contribution in [2.45, 2.75) is 13.8 Å². The fourth-order valence-electron chi connectivity index (χ4n) is 2.29. The molecule has 0 heterocycles. The number of carbonyl (C=O) groups excluding carboxylic acids is 1. The number of hydrogen-bond donors (Lipinski definition) is 0. The average Bonchev–Trinajstić information content (AvgIpc) is 2.38. The fraction of sp³-hybridized carbons (Fsp3) is 0.235. The van der Waals surface area contributed by atoms with Crippen LogP contribution in [0.2, 0.25) is 0 Å². The van der Waals surface area contributed by atoms with Gasteiger partial charge in [-0.15, -0.1) is 0 Å². The Morgan fingerprint density at radius 2 is 1.90 bits per heavy atom. The molecule has 104 valence electrons. The summed E-state index contributed by atoms with van der Waals surface area (Å²) in [5.41, 5.74) is 3.73. The highest BCUT2D eigenvalue weighted by molar-refractivity contribution is 5.99. The molecule has 0 amide bonds. The molecule has 0 bridgehead atoms. The van der Waals surface area contributed by atoms with Crippen LogP contribution in [0.3, 0.4) is 0 Å². The van der Waals surface area contributed by atoms with E-state index in [9.17, 15) is 9.18 Å². The van der Waals surface area contributed by atoms with Crippen LogP contribution >= 0.6 is 0 Å². The summed E-state index contributed by atoms with van der Waals surface area (Å²) < 4.78 is 13.1. The standard InChI is InChI=1S/C17H18FNO/c1-12-7-8-16(13(2)9-12)19(3)11-17(20)14-5-4-6-15(18)10-14/h4-10H,11H2,1-3H3. The van der Waals surface area contributed by atoms with Crippen molar-refractivity contribution in [1.82, 2.24) is 0 Å². The van der Waals surface area contributed by atoms with Gasteiger partial charge in [0.25, 0.3) is 0 Å². The number of anilines is 1. The topological polar surface area (TPSA) is 20.3 Å². The quantitative estimate of drug-likeness (QED) is 0.789. The summed E-state index contributed by atoms with van der Waals surface area (Å²) in [7, 11) is 1.87. The van der Waals surface area contributed by atoms with Gasteiger partial charge < -0.3 is 4.90 Å². The first-order valence-electron chi connectivity index (χ1n) is 6.54. The van der Waals surface area contributed by atoms with E-state index in [-0.39, 0.29) is 18.1 Å². The summed E-state index contributed by atoms with van der Waals surface area (Å²) in [5.74, 6) is -0.475. The van der Waals surface area contributed by atoms with E-state index in [1.165, 1.54) is 17.7 Å². The molecule has 0 fully saturated rings. The smallest absolute Gasteiger partial charge is 0.182 e. The minimum absolute atomic E-state index is 0.0908. The maximum atomic E-state index is 13.1. The first-order valence-corrected chi connectivity index (χ1v) is 6.54. The summed E-state index contributed by atoms with van der Waals surface area (Å²) >= 11 is 0. The van der Waals surface area contributed by atoms with Crippen LogP contribution in [0.25, 0.3) is 0 Å². The van der Waals surface area contributed by atoms with Crippen LogP contribution < -0.4 is 4.90 Å². The summed E-state index contributed by atoms with van der Waals surface area (Å²) in [6.45, 7) is 4.29. The number of hydrogen-bond acceptors (Lipinski definition) is 2. The lowest BCUT2D eigenvalue weighted by Gasteiger charge is -2.21. The van der Waals surface area contributed by atoms with Crippen molar-refractivity contribution < 1.29 is 9.18 Å². The number of likely N-dealkylation sites (N-methyl/N-ethyl adjacent to an activating group) is 1. The second-order valence-corrected chi connectivity index (χ2v) is 5.08. The Balaban J connectivity index is 2.15. The Morgan fingerprint density at radius 3 is 2.55 bits per heavy atom. The maximum Gasteiger partial charge on any atom is 0.182 e. The first kappa shape index (κ1) is 14.3. The van der Waals surface area contributed by atoms with Crippen molar-refractivity contribution in [3.63, 3.8) is 0 Å². The monoisotopic (exact) mass is 271 g/mol. The first-order chi connectivity index (χ1) is 9.47. The van der Waals surface area contributed by atoms with E-state index in [1.54, 1.807) is 12.1 Å². The summed E-state index contributed by atoms with van der Waals surface area (Å²) in [6, 6.07) is 11.9. The number of aryl methyl sites for hydroxylation is 2. The Hall–Kier alpha value is -2.16. The molecule has 2 nitrogen and oxygen atoms in total. The predicted octanol–water partition coefficient (Wildman–Crippen LogP) is 3.76. The van der Waals surface area contributed by atoms with Crippen LogP contribution in [0.5, 0.6) is 0 Å². The number of carbonyl (C=O) groups is 1. The van der Waals surface area contributed by atoms with Crippen LogP contribution in [0.4, 0.5) is 10.1 Å². The summed E-state index contributed by atoms with van der Waals surface area (Å²) in [5, 5.41) is 0. The van der Waals surface area contributed by atoms with Gasteiger partial charge in [-0.3, -0.25) is 4.79 Å². The van der Waals surface area contributed by atoms with Crippen molar-refractivity contribution in [2.24, 2.45) is 0 Å². The van der Waals surface area contributed by atoms with Crippen molar-refractivity contribution >= 4 is 11.5 Å². The highest BCUT2D eigenvalue weighted by Gasteiger charge is 2.12. The Labute approximate surface area is 118 Å². The third-order valence-corrected chi connectivity index (χ3v) is 3.29. The van der Waals surface area contributed by atoms with Crippen LogP contribution in [-0.4, -0.2) is 19.4 Å². The largest absolute Gasteiger partial charge is 0.367 e. The second kappa shape index (κ2) is 5.87. The number of benzene rings is 2. The van der Waals surface area contributed by atoms with E-state index in [2.05, 4.69) is 6.07 Å². The lowest BCUT2D eigenvalue weighted by atomic mass is 10.1. The molecule has 2 aromatic rings. The van der Waals surface area contributed by atoms with Gasteiger partial charge in [-0.25, -0.2) is 4.39 Å². The molecule has 0 radical (unpaired) electrons. The Morgan fingerprint density at radius 1 is 1.15 bits per heavy atom. The van der Waals surface area contributed by atoms with Gasteiger partial charge in [0.15, 0.2) is 5.78 Å². The molecular weight excluding hydrogens is 253 g/mol. The van der Waals surface area contributed by atoms with E-state index in [0.29, 0.717) is 5.56 Å². The van der Waals surface area contributed by atoms with Gasteiger partial charge in [0, 0.05) is 18.3 Å². The molecule has 0 saturated carbocycles. The average molecular weight is 271 g/mol. The van der Waals surface area contributed by atoms with Crippen molar-refractivity contribution in [3.8, 4) is 0 Å². The van der Waals surface area contributed by atoms with E-state index >= 15 is 0 Å². The van der Waals surface area contributed by atoms with Crippen LogP contribution in [0, 0.1) is 19.7 Å². The maximum absolute atomic E-state index is 13.1. The van der Waals surface area contributed by atoms with Gasteiger partial charge in [0.1, 0.15) is 5.82 Å². The molecule has 2 rings (SSSR count). The molecule has 20 heavy (non-hydrogen) atoms. The number of rotatable bonds is 4. The van der Waals surface area contributed by atoms with Gasteiger partial charge in [0.05, 0.1) is 6.54 Å². The molecule has 2 aromatic carbocycles. The lowest BCUT2D eigenvalue weighted by molar-refractivity contribution is 0.1000. The zero-order chi connectivity index (χ0) is 14.7. The normalized spacial score (nSPS) is 10.4. The second-order valence-electron chi connectivity index (χ2n) is 5.08. The zero-order valence-electron chi connectivity index (χ0n) is 12.0. The number of nitrogens with zero attached hydrogens (tertiary/aromatic N) is 1. The number of halogens is 1. The van der Waals surface area contributed by atoms with E-state index in [1.807, 2.05) is 37.9 Å². The Kier molecular flexibility index (Phi) is 4.18. The third kappa shape index (κ3) is 3.23. The molecule has 0 aliphatic heterocycles. The van der Waals surface area contributed by atoms with Crippen LogP contribution in [-0.2, 0) is 0 Å². The SMILES string of the molecule is Cc1ccc(N(C)CC(=O)c2cccc(F)c2)c(C)c1. The van der Waals surface area contributed by atoms with Crippen molar-refractivity contribution in [3.05, 3.63) is 65.0 Å². The molecule has 3 heteroatoms. The summed E-state index contributed by atoms with van der Waals surface area (Å²) in [6.07, 6.45) is 0. The van der Waals surface area contributed by atoms with E-state index in [0.717, 1.165) is 11.3 Å². The van der Waals surface area contributed by atoms with Gasteiger partial charge in [0.2, 0.25) is 0 Å².